The van der Waals surface area contributed by atoms with Gasteiger partial charge in [-0.25, -0.2) is 0 Å². The van der Waals surface area contributed by atoms with Crippen molar-refractivity contribution in [2.75, 3.05) is 18.5 Å². The Morgan fingerprint density at radius 2 is 2.10 bits per heavy atom. The highest BCUT2D eigenvalue weighted by Crippen LogP contribution is 2.20. The van der Waals surface area contributed by atoms with Crippen molar-refractivity contribution in [1.82, 2.24) is 0 Å². The molecule has 21 heavy (non-hydrogen) atoms. The first-order chi connectivity index (χ1) is 10.1. The van der Waals surface area contributed by atoms with Crippen molar-refractivity contribution in [2.45, 2.75) is 6.92 Å². The Morgan fingerprint density at radius 1 is 1.29 bits per heavy atom. The van der Waals surface area contributed by atoms with Crippen molar-refractivity contribution in [3.05, 3.63) is 58.1 Å². The van der Waals surface area contributed by atoms with Gasteiger partial charge in [0.2, 0.25) is 0 Å². The minimum absolute atomic E-state index is 0.148. The number of nitrogens with one attached hydrogen (secondary N) is 1. The molecule has 0 spiro atoms. The summed E-state index contributed by atoms with van der Waals surface area (Å²) in [6.45, 7) is 2.80. The van der Waals surface area contributed by atoms with Gasteiger partial charge < -0.3 is 15.8 Å². The normalized spacial score (nSPS) is 10.2. The molecule has 0 saturated carbocycles. The largest absolute Gasteiger partial charge is 0.492 e. The van der Waals surface area contributed by atoms with Crippen LogP contribution in [0.2, 0.25) is 0 Å². The van der Waals surface area contributed by atoms with Crippen molar-refractivity contribution >= 4 is 27.5 Å². The number of carbonyl (C=O) groups is 1. The molecule has 4 nitrogen and oxygen atoms in total. The molecule has 0 fully saturated rings. The van der Waals surface area contributed by atoms with Crippen molar-refractivity contribution in [3.8, 4) is 5.75 Å². The van der Waals surface area contributed by atoms with Gasteiger partial charge >= 0.3 is 0 Å². The minimum atomic E-state index is -0.148. The van der Waals surface area contributed by atoms with E-state index in [-0.39, 0.29) is 5.91 Å². The summed E-state index contributed by atoms with van der Waals surface area (Å²) in [7, 11) is 0. The van der Waals surface area contributed by atoms with Crippen molar-refractivity contribution in [2.24, 2.45) is 5.73 Å². The lowest BCUT2D eigenvalue weighted by atomic mass is 10.1. The molecule has 3 N–H and O–H groups in total. The van der Waals surface area contributed by atoms with Crippen LogP contribution in [0.25, 0.3) is 0 Å². The Hall–Kier alpha value is -1.85. The van der Waals surface area contributed by atoms with Crippen LogP contribution >= 0.6 is 15.9 Å². The predicted octanol–water partition coefficient (Wildman–Crippen LogP) is 3.35. The van der Waals surface area contributed by atoms with E-state index in [2.05, 4.69) is 21.2 Å². The number of hydrogen-bond donors (Lipinski definition) is 2. The molecule has 0 radical (unpaired) electrons. The lowest BCUT2D eigenvalue weighted by Gasteiger charge is -2.10. The van der Waals surface area contributed by atoms with Gasteiger partial charge in [0.25, 0.3) is 5.91 Å². The third kappa shape index (κ3) is 4.31. The molecule has 5 heteroatoms. The molecule has 0 unspecified atom stereocenters. The van der Waals surface area contributed by atoms with Gasteiger partial charge in [0.15, 0.2) is 0 Å². The standard InChI is InChI=1S/C16H17BrN2O2/c1-11-5-6-12(17)9-15(11)16(20)19-13-3-2-4-14(10-13)21-8-7-18/h2-6,9-10H,7-8,18H2,1H3,(H,19,20). The second kappa shape index (κ2) is 7.24. The van der Waals surface area contributed by atoms with Crippen LogP contribution in [0, 0.1) is 6.92 Å². The predicted molar refractivity (Wildman–Crippen MR) is 87.8 cm³/mol. The van der Waals surface area contributed by atoms with E-state index in [4.69, 9.17) is 10.5 Å². The second-order valence-electron chi connectivity index (χ2n) is 4.58. The molecular weight excluding hydrogens is 332 g/mol. The summed E-state index contributed by atoms with van der Waals surface area (Å²) in [5, 5.41) is 2.87. The van der Waals surface area contributed by atoms with E-state index >= 15 is 0 Å². The molecule has 0 aliphatic heterocycles. The smallest absolute Gasteiger partial charge is 0.255 e. The third-order valence-electron chi connectivity index (χ3n) is 2.92. The lowest BCUT2D eigenvalue weighted by Crippen LogP contribution is -2.14. The fourth-order valence-corrected chi connectivity index (χ4v) is 2.24. The molecule has 0 aliphatic carbocycles. The SMILES string of the molecule is Cc1ccc(Br)cc1C(=O)Nc1cccc(OCCN)c1. The van der Waals surface area contributed by atoms with Crippen LogP contribution in [0.3, 0.4) is 0 Å². The number of hydrogen-bond acceptors (Lipinski definition) is 3. The second-order valence-corrected chi connectivity index (χ2v) is 5.49. The average Bonchev–Trinajstić information content (AvgIpc) is 2.48. The molecule has 0 aliphatic rings. The number of nitrogens with two attached hydrogens (primary N) is 1. The average molecular weight is 349 g/mol. The monoisotopic (exact) mass is 348 g/mol. The number of ether oxygens (including phenoxy) is 1. The van der Waals surface area contributed by atoms with Gasteiger partial charge in [0, 0.05) is 28.3 Å². The van der Waals surface area contributed by atoms with E-state index < -0.39 is 0 Å². The van der Waals surface area contributed by atoms with Gasteiger partial charge in [-0.2, -0.15) is 0 Å². The van der Waals surface area contributed by atoms with Crippen LogP contribution in [0.1, 0.15) is 15.9 Å². The summed E-state index contributed by atoms with van der Waals surface area (Å²) < 4.78 is 6.32. The van der Waals surface area contributed by atoms with Gasteiger partial charge in [-0.1, -0.05) is 28.1 Å². The maximum atomic E-state index is 12.3. The Balaban J connectivity index is 2.14. The van der Waals surface area contributed by atoms with Gasteiger partial charge in [-0.15, -0.1) is 0 Å². The zero-order valence-electron chi connectivity index (χ0n) is 11.7. The number of carbonyl (C=O) groups excluding carboxylic acids is 1. The molecular formula is C16H17BrN2O2. The molecule has 2 aromatic carbocycles. The van der Waals surface area contributed by atoms with E-state index in [0.29, 0.717) is 30.2 Å². The van der Waals surface area contributed by atoms with Gasteiger partial charge in [0.1, 0.15) is 12.4 Å². The van der Waals surface area contributed by atoms with Crippen LogP contribution in [0.15, 0.2) is 46.9 Å². The van der Waals surface area contributed by atoms with Crippen molar-refractivity contribution < 1.29 is 9.53 Å². The van der Waals surface area contributed by atoms with Crippen LogP contribution < -0.4 is 15.8 Å². The first-order valence-electron chi connectivity index (χ1n) is 6.60. The third-order valence-corrected chi connectivity index (χ3v) is 3.42. The number of amides is 1. The fraction of sp³-hybridized carbons (Fsp3) is 0.188. The van der Waals surface area contributed by atoms with Crippen LogP contribution in [0.5, 0.6) is 5.75 Å². The Morgan fingerprint density at radius 3 is 2.86 bits per heavy atom. The number of rotatable bonds is 5. The quantitative estimate of drug-likeness (QED) is 0.870. The van der Waals surface area contributed by atoms with Crippen LogP contribution in [0.4, 0.5) is 5.69 Å². The summed E-state index contributed by atoms with van der Waals surface area (Å²) in [5.74, 6) is 0.536. The summed E-state index contributed by atoms with van der Waals surface area (Å²) in [6.07, 6.45) is 0. The highest BCUT2D eigenvalue weighted by atomic mass is 79.9. The zero-order chi connectivity index (χ0) is 15.2. The van der Waals surface area contributed by atoms with Gasteiger partial charge in [-0.05, 0) is 36.8 Å². The van der Waals surface area contributed by atoms with E-state index in [0.717, 1.165) is 10.0 Å². The Kier molecular flexibility index (Phi) is 5.36. The molecule has 2 aromatic rings. The van der Waals surface area contributed by atoms with E-state index in [1.54, 1.807) is 12.1 Å². The fourth-order valence-electron chi connectivity index (χ4n) is 1.88. The molecule has 0 saturated heterocycles. The number of aryl methyl sites for hydroxylation is 1. The summed E-state index contributed by atoms with van der Waals surface area (Å²) in [4.78, 5) is 12.3. The zero-order valence-corrected chi connectivity index (χ0v) is 13.3. The summed E-state index contributed by atoms with van der Waals surface area (Å²) in [6, 6.07) is 12.9. The van der Waals surface area contributed by atoms with Crippen LogP contribution in [-0.4, -0.2) is 19.1 Å². The Labute approximate surface area is 132 Å². The molecule has 2 rings (SSSR count). The van der Waals surface area contributed by atoms with Crippen molar-refractivity contribution in [1.29, 1.82) is 0 Å². The highest BCUT2D eigenvalue weighted by Gasteiger charge is 2.10. The maximum absolute atomic E-state index is 12.3. The molecule has 0 aromatic heterocycles. The van der Waals surface area contributed by atoms with Gasteiger partial charge in [0.05, 0.1) is 0 Å². The molecule has 0 bridgehead atoms. The highest BCUT2D eigenvalue weighted by molar-refractivity contribution is 9.10. The number of benzene rings is 2. The van der Waals surface area contributed by atoms with Crippen LogP contribution in [-0.2, 0) is 0 Å². The summed E-state index contributed by atoms with van der Waals surface area (Å²) >= 11 is 3.38. The van der Waals surface area contributed by atoms with E-state index in [1.807, 2.05) is 37.3 Å². The van der Waals surface area contributed by atoms with Gasteiger partial charge in [-0.3, -0.25) is 4.79 Å². The number of anilines is 1. The first kappa shape index (κ1) is 15.5. The Bertz CT molecular complexity index is 644. The van der Waals surface area contributed by atoms with Crippen molar-refractivity contribution in [3.63, 3.8) is 0 Å². The maximum Gasteiger partial charge on any atom is 0.255 e. The molecule has 110 valence electrons. The van der Waals surface area contributed by atoms with E-state index in [9.17, 15) is 4.79 Å². The number of halogens is 1. The molecule has 0 atom stereocenters. The minimum Gasteiger partial charge on any atom is -0.492 e. The lowest BCUT2D eigenvalue weighted by molar-refractivity contribution is 0.102. The molecule has 1 amide bonds. The van der Waals surface area contributed by atoms with E-state index in [1.165, 1.54) is 0 Å². The first-order valence-corrected chi connectivity index (χ1v) is 7.40. The molecule has 0 heterocycles. The topological polar surface area (TPSA) is 64.3 Å². The summed E-state index contributed by atoms with van der Waals surface area (Å²) in [5.41, 5.74) is 7.65.